The SMILES string of the molecule is CCCNC(=O)c1cc(Br)c2cnccc2c1. The van der Waals surface area contributed by atoms with E-state index in [0.717, 1.165) is 21.7 Å². The van der Waals surface area contributed by atoms with Gasteiger partial charge in [-0.2, -0.15) is 0 Å². The lowest BCUT2D eigenvalue weighted by molar-refractivity contribution is 0.0954. The van der Waals surface area contributed by atoms with E-state index >= 15 is 0 Å². The van der Waals surface area contributed by atoms with Gasteiger partial charge >= 0.3 is 0 Å². The van der Waals surface area contributed by atoms with Crippen LogP contribution in [0.4, 0.5) is 0 Å². The Hall–Kier alpha value is -1.42. The predicted octanol–water partition coefficient (Wildman–Crippen LogP) is 3.14. The van der Waals surface area contributed by atoms with Gasteiger partial charge in [-0.05, 0) is 30.0 Å². The van der Waals surface area contributed by atoms with E-state index in [1.807, 2.05) is 25.1 Å². The minimum absolute atomic E-state index is 0.0359. The number of pyridine rings is 1. The average Bonchev–Trinajstić information content (AvgIpc) is 2.36. The molecule has 0 saturated heterocycles. The van der Waals surface area contributed by atoms with Crippen molar-refractivity contribution in [3.05, 3.63) is 40.6 Å². The summed E-state index contributed by atoms with van der Waals surface area (Å²) >= 11 is 3.46. The molecule has 0 spiro atoms. The zero-order valence-electron chi connectivity index (χ0n) is 9.53. The van der Waals surface area contributed by atoms with Crippen LogP contribution in [-0.2, 0) is 0 Å². The number of hydrogen-bond donors (Lipinski definition) is 1. The lowest BCUT2D eigenvalue weighted by Crippen LogP contribution is -2.23. The van der Waals surface area contributed by atoms with E-state index < -0.39 is 0 Å². The molecule has 0 aliphatic heterocycles. The minimum atomic E-state index is -0.0359. The first-order valence-electron chi connectivity index (χ1n) is 5.54. The van der Waals surface area contributed by atoms with Crippen LogP contribution in [0, 0.1) is 0 Å². The number of carbonyl (C=O) groups excluding carboxylic acids is 1. The van der Waals surface area contributed by atoms with Gasteiger partial charge in [0.2, 0.25) is 0 Å². The molecule has 1 heterocycles. The van der Waals surface area contributed by atoms with Gasteiger partial charge in [-0.25, -0.2) is 0 Å². The van der Waals surface area contributed by atoms with Gasteiger partial charge in [-0.1, -0.05) is 22.9 Å². The summed E-state index contributed by atoms with van der Waals surface area (Å²) in [5.41, 5.74) is 0.670. The smallest absolute Gasteiger partial charge is 0.251 e. The summed E-state index contributed by atoms with van der Waals surface area (Å²) in [6.07, 6.45) is 4.44. The number of aromatic nitrogens is 1. The highest BCUT2D eigenvalue weighted by molar-refractivity contribution is 9.10. The molecule has 0 aliphatic carbocycles. The third-order valence-corrected chi connectivity index (χ3v) is 3.16. The first-order valence-corrected chi connectivity index (χ1v) is 6.33. The molecular weight excluding hydrogens is 280 g/mol. The van der Waals surface area contributed by atoms with Crippen LogP contribution in [0.5, 0.6) is 0 Å². The van der Waals surface area contributed by atoms with E-state index in [4.69, 9.17) is 0 Å². The maximum Gasteiger partial charge on any atom is 0.251 e. The number of carbonyl (C=O) groups is 1. The van der Waals surface area contributed by atoms with Crippen molar-refractivity contribution in [2.75, 3.05) is 6.54 Å². The Labute approximate surface area is 108 Å². The van der Waals surface area contributed by atoms with Crippen molar-refractivity contribution in [3.8, 4) is 0 Å². The third kappa shape index (κ3) is 2.64. The van der Waals surface area contributed by atoms with E-state index in [0.29, 0.717) is 12.1 Å². The van der Waals surface area contributed by atoms with Gasteiger partial charge in [0, 0.05) is 34.4 Å². The highest BCUT2D eigenvalue weighted by Gasteiger charge is 2.08. The summed E-state index contributed by atoms with van der Waals surface area (Å²) in [5, 5.41) is 4.89. The summed E-state index contributed by atoms with van der Waals surface area (Å²) in [6, 6.07) is 5.61. The van der Waals surface area contributed by atoms with Gasteiger partial charge in [0.15, 0.2) is 0 Å². The Kier molecular flexibility index (Phi) is 3.74. The number of amides is 1. The summed E-state index contributed by atoms with van der Waals surface area (Å²) in [6.45, 7) is 2.73. The minimum Gasteiger partial charge on any atom is -0.352 e. The zero-order chi connectivity index (χ0) is 12.3. The number of hydrogen-bond acceptors (Lipinski definition) is 2. The molecule has 0 saturated carbocycles. The van der Waals surface area contributed by atoms with Crippen LogP contribution >= 0.6 is 15.9 Å². The van der Waals surface area contributed by atoms with E-state index in [2.05, 4.69) is 26.2 Å². The van der Waals surface area contributed by atoms with Crippen molar-refractivity contribution >= 4 is 32.6 Å². The Morgan fingerprint density at radius 1 is 1.47 bits per heavy atom. The molecule has 1 amide bonds. The standard InChI is InChI=1S/C13H13BrN2O/c1-2-4-16-13(17)10-6-9-3-5-15-8-11(9)12(14)7-10/h3,5-8H,2,4H2,1H3,(H,16,17). The molecule has 0 atom stereocenters. The summed E-state index contributed by atoms with van der Waals surface area (Å²) in [7, 11) is 0. The topological polar surface area (TPSA) is 42.0 Å². The van der Waals surface area contributed by atoms with Crippen LogP contribution in [0.3, 0.4) is 0 Å². The fourth-order valence-electron chi connectivity index (χ4n) is 1.63. The van der Waals surface area contributed by atoms with E-state index in [9.17, 15) is 4.79 Å². The molecule has 1 N–H and O–H groups in total. The van der Waals surface area contributed by atoms with Crippen molar-refractivity contribution in [2.24, 2.45) is 0 Å². The van der Waals surface area contributed by atoms with E-state index in [-0.39, 0.29) is 5.91 Å². The molecule has 2 aromatic rings. The molecule has 88 valence electrons. The lowest BCUT2D eigenvalue weighted by Gasteiger charge is -2.06. The number of nitrogens with one attached hydrogen (secondary N) is 1. The number of benzene rings is 1. The van der Waals surface area contributed by atoms with Crippen molar-refractivity contribution in [1.29, 1.82) is 0 Å². The molecule has 0 unspecified atom stereocenters. The maximum atomic E-state index is 11.9. The van der Waals surface area contributed by atoms with Gasteiger partial charge in [0.1, 0.15) is 0 Å². The van der Waals surface area contributed by atoms with Crippen LogP contribution in [0.1, 0.15) is 23.7 Å². The van der Waals surface area contributed by atoms with Crippen LogP contribution < -0.4 is 5.32 Å². The Morgan fingerprint density at radius 3 is 3.06 bits per heavy atom. The number of halogens is 1. The molecule has 0 fully saturated rings. The van der Waals surface area contributed by atoms with Crippen molar-refractivity contribution in [3.63, 3.8) is 0 Å². The Balaban J connectivity index is 2.39. The van der Waals surface area contributed by atoms with Crippen LogP contribution in [-0.4, -0.2) is 17.4 Å². The second-order valence-electron chi connectivity index (χ2n) is 3.81. The van der Waals surface area contributed by atoms with Crippen LogP contribution in [0.2, 0.25) is 0 Å². The second-order valence-corrected chi connectivity index (χ2v) is 4.67. The summed E-state index contributed by atoms with van der Waals surface area (Å²) in [4.78, 5) is 15.9. The molecule has 1 aromatic heterocycles. The first kappa shape index (κ1) is 12.0. The summed E-state index contributed by atoms with van der Waals surface area (Å²) in [5.74, 6) is -0.0359. The fraction of sp³-hybridized carbons (Fsp3) is 0.231. The molecule has 2 rings (SSSR count). The van der Waals surface area contributed by atoms with Gasteiger partial charge in [-0.15, -0.1) is 0 Å². The molecule has 17 heavy (non-hydrogen) atoms. The first-order chi connectivity index (χ1) is 8.22. The van der Waals surface area contributed by atoms with Gasteiger partial charge in [-0.3, -0.25) is 9.78 Å². The van der Waals surface area contributed by atoms with Crippen LogP contribution in [0.15, 0.2) is 35.1 Å². The Morgan fingerprint density at radius 2 is 2.29 bits per heavy atom. The van der Waals surface area contributed by atoms with E-state index in [1.165, 1.54) is 0 Å². The van der Waals surface area contributed by atoms with Crippen molar-refractivity contribution < 1.29 is 4.79 Å². The van der Waals surface area contributed by atoms with Gasteiger partial charge < -0.3 is 5.32 Å². The quantitative estimate of drug-likeness (QED) is 0.944. The molecule has 0 bridgehead atoms. The van der Waals surface area contributed by atoms with Crippen molar-refractivity contribution in [1.82, 2.24) is 10.3 Å². The lowest BCUT2D eigenvalue weighted by atomic mass is 10.1. The Bertz CT molecular complexity index is 554. The van der Waals surface area contributed by atoms with E-state index in [1.54, 1.807) is 12.4 Å². The highest BCUT2D eigenvalue weighted by Crippen LogP contribution is 2.24. The normalized spacial score (nSPS) is 10.5. The van der Waals surface area contributed by atoms with Crippen molar-refractivity contribution in [2.45, 2.75) is 13.3 Å². The van der Waals surface area contributed by atoms with Gasteiger partial charge in [0.05, 0.1) is 0 Å². The van der Waals surface area contributed by atoms with Gasteiger partial charge in [0.25, 0.3) is 5.91 Å². The zero-order valence-corrected chi connectivity index (χ0v) is 11.1. The molecular formula is C13H13BrN2O. The predicted molar refractivity (Wildman–Crippen MR) is 72.1 cm³/mol. The largest absolute Gasteiger partial charge is 0.352 e. The monoisotopic (exact) mass is 292 g/mol. The maximum absolute atomic E-state index is 11.9. The highest BCUT2D eigenvalue weighted by atomic mass is 79.9. The molecule has 3 nitrogen and oxygen atoms in total. The molecule has 0 aliphatic rings. The van der Waals surface area contributed by atoms with Crippen LogP contribution in [0.25, 0.3) is 10.8 Å². The molecule has 1 aromatic carbocycles. The molecule has 4 heteroatoms. The summed E-state index contributed by atoms with van der Waals surface area (Å²) < 4.78 is 0.893. The fourth-order valence-corrected chi connectivity index (χ4v) is 2.20. The second kappa shape index (κ2) is 5.27. The third-order valence-electron chi connectivity index (χ3n) is 2.50. The number of rotatable bonds is 3. The number of nitrogens with zero attached hydrogens (tertiary/aromatic N) is 1. The molecule has 0 radical (unpaired) electrons. The average molecular weight is 293 g/mol. The number of fused-ring (bicyclic) bond motifs is 1.